The number of carbonyl (C=O) groups excluding carboxylic acids is 2. The molecule has 1 aromatic rings. The highest BCUT2D eigenvalue weighted by Crippen LogP contribution is 2.34. The van der Waals surface area contributed by atoms with E-state index in [0.29, 0.717) is 6.61 Å². The number of ether oxygens (including phenoxy) is 1. The summed E-state index contributed by atoms with van der Waals surface area (Å²) in [5.74, 6) is -2.87. The molecule has 0 aliphatic heterocycles. The van der Waals surface area contributed by atoms with E-state index in [4.69, 9.17) is 4.74 Å². The topological polar surface area (TPSA) is 55.4 Å². The van der Waals surface area contributed by atoms with Crippen molar-refractivity contribution >= 4 is 29.3 Å². The molecule has 0 aromatic heterocycles. The fourth-order valence-corrected chi connectivity index (χ4v) is 3.05. The molecule has 0 aliphatic carbocycles. The van der Waals surface area contributed by atoms with Crippen molar-refractivity contribution in [1.29, 1.82) is 0 Å². The predicted octanol–water partition coefficient (Wildman–Crippen LogP) is 5.02. The molecule has 1 amide bonds. The van der Waals surface area contributed by atoms with Gasteiger partial charge < -0.3 is 10.1 Å². The van der Waals surface area contributed by atoms with Gasteiger partial charge in [0.25, 0.3) is 0 Å². The first-order chi connectivity index (χ1) is 12.2. The Morgan fingerprint density at radius 2 is 1.81 bits per heavy atom. The van der Waals surface area contributed by atoms with Gasteiger partial charge in [-0.3, -0.25) is 9.59 Å². The monoisotopic (exact) mass is 387 g/mol. The Hall–Kier alpha value is -1.63. The Kier molecular flexibility index (Phi) is 9.05. The van der Waals surface area contributed by atoms with Crippen LogP contribution in [0, 0.1) is 23.5 Å². The van der Waals surface area contributed by atoms with Gasteiger partial charge >= 0.3 is 5.97 Å². The van der Waals surface area contributed by atoms with E-state index >= 15 is 0 Å². The molecule has 0 saturated heterocycles. The van der Waals surface area contributed by atoms with Crippen molar-refractivity contribution in [2.24, 2.45) is 11.8 Å². The molecule has 1 atom stereocenters. The minimum atomic E-state index is -0.854. The van der Waals surface area contributed by atoms with Crippen molar-refractivity contribution in [2.75, 3.05) is 11.9 Å². The molecule has 0 aliphatic rings. The molecule has 1 unspecified atom stereocenters. The first-order valence-electron chi connectivity index (χ1n) is 8.80. The third-order valence-electron chi connectivity index (χ3n) is 3.64. The number of rotatable bonds is 9. The number of hydrogen-bond donors (Lipinski definition) is 1. The molecule has 26 heavy (non-hydrogen) atoms. The lowest BCUT2D eigenvalue weighted by molar-refractivity contribution is -0.143. The second kappa shape index (κ2) is 10.5. The van der Waals surface area contributed by atoms with Crippen molar-refractivity contribution in [3.8, 4) is 0 Å². The van der Waals surface area contributed by atoms with Crippen LogP contribution in [0.2, 0.25) is 0 Å². The number of esters is 1. The zero-order chi connectivity index (χ0) is 19.9. The zero-order valence-electron chi connectivity index (χ0n) is 15.9. The minimum Gasteiger partial charge on any atom is -0.465 e. The molecule has 0 saturated carbocycles. The van der Waals surface area contributed by atoms with Gasteiger partial charge in [-0.15, -0.1) is 11.8 Å². The second-order valence-corrected chi connectivity index (χ2v) is 7.89. The van der Waals surface area contributed by atoms with Gasteiger partial charge in [0.1, 0.15) is 16.9 Å². The third-order valence-corrected chi connectivity index (χ3v) is 5.20. The quantitative estimate of drug-likeness (QED) is 0.367. The molecular weight excluding hydrogens is 360 g/mol. The van der Waals surface area contributed by atoms with Crippen LogP contribution >= 0.6 is 11.8 Å². The lowest BCUT2D eigenvalue weighted by Gasteiger charge is -2.20. The molecule has 1 N–H and O–H groups in total. The van der Waals surface area contributed by atoms with Gasteiger partial charge in [-0.05, 0) is 18.4 Å². The van der Waals surface area contributed by atoms with E-state index in [1.165, 1.54) is 6.07 Å². The van der Waals surface area contributed by atoms with Crippen LogP contribution < -0.4 is 5.32 Å². The van der Waals surface area contributed by atoms with Crippen molar-refractivity contribution in [3.63, 3.8) is 0 Å². The van der Waals surface area contributed by atoms with Gasteiger partial charge in [0.2, 0.25) is 5.91 Å². The number of benzene rings is 1. The van der Waals surface area contributed by atoms with Crippen LogP contribution in [-0.2, 0) is 14.3 Å². The predicted molar refractivity (Wildman–Crippen MR) is 100 cm³/mol. The number of thioether (sulfide) groups is 1. The standard InChI is InChI=1S/C19H27F2NO3S/c1-6-7-8-25-19(24)17(11(2)3)26-16-10-15(13(20)9-14(16)21)22-18(23)12(4)5/h9-12,17H,6-8H2,1-5H3,(H,22,23). The largest absolute Gasteiger partial charge is 0.465 e. The van der Waals surface area contributed by atoms with Crippen LogP contribution in [-0.4, -0.2) is 23.7 Å². The van der Waals surface area contributed by atoms with E-state index < -0.39 is 22.9 Å². The second-order valence-electron chi connectivity index (χ2n) is 6.71. The maximum atomic E-state index is 14.2. The minimum absolute atomic E-state index is 0.0941. The lowest BCUT2D eigenvalue weighted by Crippen LogP contribution is -2.26. The van der Waals surface area contributed by atoms with Gasteiger partial charge in [0.15, 0.2) is 0 Å². The molecule has 0 heterocycles. The average Bonchev–Trinajstić information content (AvgIpc) is 2.55. The van der Waals surface area contributed by atoms with E-state index in [9.17, 15) is 18.4 Å². The smallest absolute Gasteiger partial charge is 0.319 e. The molecule has 0 spiro atoms. The number of anilines is 1. The van der Waals surface area contributed by atoms with Gasteiger partial charge in [0, 0.05) is 16.9 Å². The summed E-state index contributed by atoms with van der Waals surface area (Å²) in [6.45, 7) is 9.33. The Labute approximate surface area is 158 Å². The molecule has 0 fully saturated rings. The molecule has 1 rings (SSSR count). The number of nitrogens with one attached hydrogen (secondary N) is 1. The van der Waals surface area contributed by atoms with Gasteiger partial charge in [-0.25, -0.2) is 8.78 Å². The summed E-state index contributed by atoms with van der Waals surface area (Å²) in [5.41, 5.74) is -0.102. The fraction of sp³-hybridized carbons (Fsp3) is 0.579. The molecule has 1 aromatic carbocycles. The number of hydrogen-bond acceptors (Lipinski definition) is 4. The highest BCUT2D eigenvalue weighted by Gasteiger charge is 2.27. The number of carbonyl (C=O) groups is 2. The van der Waals surface area contributed by atoms with Crippen LogP contribution in [0.3, 0.4) is 0 Å². The van der Waals surface area contributed by atoms with E-state index in [1.807, 2.05) is 20.8 Å². The summed E-state index contributed by atoms with van der Waals surface area (Å²) < 4.78 is 33.4. The highest BCUT2D eigenvalue weighted by atomic mass is 32.2. The van der Waals surface area contributed by atoms with Crippen molar-refractivity contribution < 1.29 is 23.1 Å². The molecular formula is C19H27F2NO3S. The van der Waals surface area contributed by atoms with E-state index in [-0.39, 0.29) is 28.3 Å². The first-order valence-corrected chi connectivity index (χ1v) is 9.68. The van der Waals surface area contributed by atoms with Crippen LogP contribution in [0.5, 0.6) is 0 Å². The van der Waals surface area contributed by atoms with Crippen LogP contribution in [0.4, 0.5) is 14.5 Å². The summed E-state index contributed by atoms with van der Waals surface area (Å²) in [6.07, 6.45) is 1.66. The number of amides is 1. The third kappa shape index (κ3) is 6.59. The fourth-order valence-electron chi connectivity index (χ4n) is 1.98. The molecule has 146 valence electrons. The summed E-state index contributed by atoms with van der Waals surface area (Å²) in [5, 5.41) is 1.82. The van der Waals surface area contributed by atoms with Crippen LogP contribution in [0.25, 0.3) is 0 Å². The van der Waals surface area contributed by atoms with Crippen LogP contribution in [0.15, 0.2) is 17.0 Å². The van der Waals surface area contributed by atoms with Crippen molar-refractivity contribution in [3.05, 3.63) is 23.8 Å². The number of halogens is 2. The van der Waals surface area contributed by atoms with E-state index in [0.717, 1.165) is 30.7 Å². The van der Waals surface area contributed by atoms with E-state index in [2.05, 4.69) is 5.32 Å². The summed E-state index contributed by atoms with van der Waals surface area (Å²) >= 11 is 0.980. The van der Waals surface area contributed by atoms with Crippen molar-refractivity contribution in [1.82, 2.24) is 0 Å². The molecule has 0 radical (unpaired) electrons. The first kappa shape index (κ1) is 22.4. The summed E-state index contributed by atoms with van der Waals surface area (Å²) in [6, 6.07) is 1.95. The normalized spacial score (nSPS) is 12.3. The Balaban J connectivity index is 3.00. The average molecular weight is 387 g/mol. The molecule has 4 nitrogen and oxygen atoms in total. The SMILES string of the molecule is CCCCOC(=O)C(Sc1cc(NC(=O)C(C)C)c(F)cc1F)C(C)C. The lowest BCUT2D eigenvalue weighted by atomic mass is 10.1. The van der Waals surface area contributed by atoms with Gasteiger partial charge in [-0.2, -0.15) is 0 Å². The van der Waals surface area contributed by atoms with Crippen LogP contribution in [0.1, 0.15) is 47.5 Å². The van der Waals surface area contributed by atoms with Crippen molar-refractivity contribution in [2.45, 2.75) is 57.6 Å². The number of unbranched alkanes of at least 4 members (excludes halogenated alkanes) is 1. The summed E-state index contributed by atoms with van der Waals surface area (Å²) in [7, 11) is 0. The maximum Gasteiger partial charge on any atom is 0.319 e. The van der Waals surface area contributed by atoms with E-state index in [1.54, 1.807) is 13.8 Å². The van der Waals surface area contributed by atoms with Gasteiger partial charge in [0.05, 0.1) is 12.3 Å². The zero-order valence-corrected chi connectivity index (χ0v) is 16.7. The Morgan fingerprint density at radius 3 is 2.35 bits per heavy atom. The summed E-state index contributed by atoms with van der Waals surface area (Å²) in [4.78, 5) is 24.2. The maximum absolute atomic E-state index is 14.2. The molecule has 7 heteroatoms. The highest BCUT2D eigenvalue weighted by molar-refractivity contribution is 8.00. The van der Waals surface area contributed by atoms with Gasteiger partial charge in [-0.1, -0.05) is 41.0 Å². The molecule has 0 bridgehead atoms. The Morgan fingerprint density at radius 1 is 1.15 bits per heavy atom. The Bertz CT molecular complexity index is 635.